The van der Waals surface area contributed by atoms with Gasteiger partial charge >= 0.3 is 0 Å². The van der Waals surface area contributed by atoms with Crippen molar-refractivity contribution in [1.82, 2.24) is 9.13 Å². The number of para-hydroxylation sites is 5. The molecule has 0 bridgehead atoms. The van der Waals surface area contributed by atoms with Crippen LogP contribution < -0.4 is 0 Å². The Balaban J connectivity index is 1.01. The molecule has 3 heteroatoms. The van der Waals surface area contributed by atoms with Crippen LogP contribution in [0.2, 0.25) is 0 Å². The van der Waals surface area contributed by atoms with E-state index in [0.29, 0.717) is 0 Å². The molecule has 0 fully saturated rings. The van der Waals surface area contributed by atoms with Crippen LogP contribution in [-0.2, 0) is 0 Å². The molecule has 12 rings (SSSR count). The number of furan rings is 1. The highest BCUT2D eigenvalue weighted by Crippen LogP contribution is 2.41. The Labute approximate surface area is 328 Å². The first kappa shape index (κ1) is 31.7. The number of hydrogen-bond acceptors (Lipinski definition) is 1. The Bertz CT molecular complexity index is 3510. The maximum Gasteiger partial charge on any atom is 0.143 e. The van der Waals surface area contributed by atoms with Crippen molar-refractivity contribution in [2.75, 3.05) is 0 Å². The van der Waals surface area contributed by atoms with Crippen molar-refractivity contribution in [2.24, 2.45) is 0 Å². The van der Waals surface area contributed by atoms with Gasteiger partial charge in [-0.1, -0.05) is 127 Å². The minimum absolute atomic E-state index is 0.910. The van der Waals surface area contributed by atoms with Crippen LogP contribution in [-0.4, -0.2) is 9.13 Å². The lowest BCUT2D eigenvalue weighted by molar-refractivity contribution is 0.670. The van der Waals surface area contributed by atoms with Crippen LogP contribution in [0.5, 0.6) is 0 Å². The SMILES string of the molecule is c1ccc(-n2c3ccccc3c3cc(-c4cccc(-c5ccc6c(c5)c5cc(-c7cccc8c7oc7ccccc78)ccc5n6-c5ccccc5)c4)ccc32)cc1. The number of benzene rings is 9. The van der Waals surface area contributed by atoms with Gasteiger partial charge in [0.2, 0.25) is 0 Å². The van der Waals surface area contributed by atoms with E-state index in [1.165, 1.54) is 71.6 Å². The van der Waals surface area contributed by atoms with Crippen LogP contribution >= 0.6 is 0 Å². The summed E-state index contributed by atoms with van der Waals surface area (Å²) in [5.74, 6) is 0. The molecule has 0 radical (unpaired) electrons. The van der Waals surface area contributed by atoms with Gasteiger partial charge in [-0.15, -0.1) is 0 Å². The molecule has 0 aliphatic heterocycles. The van der Waals surface area contributed by atoms with E-state index in [9.17, 15) is 0 Å². The van der Waals surface area contributed by atoms with Crippen molar-refractivity contribution in [1.29, 1.82) is 0 Å². The van der Waals surface area contributed by atoms with E-state index < -0.39 is 0 Å². The lowest BCUT2D eigenvalue weighted by Crippen LogP contribution is -1.93. The average Bonchev–Trinajstić information content (AvgIpc) is 3.94. The maximum atomic E-state index is 6.50. The molecular formula is C54H34N2O. The summed E-state index contributed by atoms with van der Waals surface area (Å²) < 4.78 is 11.3. The molecule has 0 amide bonds. The second-order valence-corrected chi connectivity index (χ2v) is 14.9. The molecule has 0 unspecified atom stereocenters. The summed E-state index contributed by atoms with van der Waals surface area (Å²) >= 11 is 0. The van der Waals surface area contributed by atoms with Crippen LogP contribution in [0.25, 0.3) is 110 Å². The first-order valence-corrected chi connectivity index (χ1v) is 19.5. The van der Waals surface area contributed by atoms with Gasteiger partial charge in [0.1, 0.15) is 11.2 Å². The molecule has 3 nitrogen and oxygen atoms in total. The zero-order valence-electron chi connectivity index (χ0n) is 30.9. The van der Waals surface area contributed by atoms with E-state index in [0.717, 1.165) is 38.8 Å². The van der Waals surface area contributed by atoms with Crippen LogP contribution in [0.15, 0.2) is 211 Å². The largest absolute Gasteiger partial charge is 0.455 e. The lowest BCUT2D eigenvalue weighted by Gasteiger charge is -2.10. The number of hydrogen-bond donors (Lipinski definition) is 0. The fourth-order valence-corrected chi connectivity index (χ4v) is 9.09. The molecule has 0 spiro atoms. The zero-order valence-corrected chi connectivity index (χ0v) is 30.9. The van der Waals surface area contributed by atoms with Gasteiger partial charge < -0.3 is 13.6 Å². The van der Waals surface area contributed by atoms with Gasteiger partial charge in [0.25, 0.3) is 0 Å². The van der Waals surface area contributed by atoms with Crippen molar-refractivity contribution in [3.8, 4) is 44.8 Å². The quantitative estimate of drug-likeness (QED) is 0.173. The van der Waals surface area contributed by atoms with Crippen LogP contribution in [0.3, 0.4) is 0 Å². The third kappa shape index (κ3) is 4.92. The molecule has 3 heterocycles. The molecule has 12 aromatic rings. The Morgan fingerprint density at radius 3 is 1.39 bits per heavy atom. The Kier molecular flexibility index (Phi) is 6.93. The Morgan fingerprint density at radius 2 is 0.737 bits per heavy atom. The maximum absolute atomic E-state index is 6.50. The van der Waals surface area contributed by atoms with Crippen LogP contribution in [0.4, 0.5) is 0 Å². The summed E-state index contributed by atoms with van der Waals surface area (Å²) in [6.45, 7) is 0. The van der Waals surface area contributed by atoms with Crippen LogP contribution in [0.1, 0.15) is 0 Å². The number of rotatable bonds is 5. The summed E-state index contributed by atoms with van der Waals surface area (Å²) in [6.07, 6.45) is 0. The fourth-order valence-electron chi connectivity index (χ4n) is 9.09. The molecule has 0 saturated carbocycles. The van der Waals surface area contributed by atoms with Crippen molar-refractivity contribution < 1.29 is 4.42 Å². The molecule has 3 aromatic heterocycles. The number of nitrogens with zero attached hydrogens (tertiary/aromatic N) is 2. The van der Waals surface area contributed by atoms with Crippen molar-refractivity contribution in [2.45, 2.75) is 0 Å². The second kappa shape index (κ2) is 12.5. The monoisotopic (exact) mass is 726 g/mol. The van der Waals surface area contributed by atoms with Crippen molar-refractivity contribution in [3.05, 3.63) is 206 Å². The van der Waals surface area contributed by atoms with E-state index >= 15 is 0 Å². The van der Waals surface area contributed by atoms with Gasteiger partial charge in [-0.2, -0.15) is 0 Å². The Hall–Kier alpha value is -7.62. The predicted molar refractivity (Wildman–Crippen MR) is 239 cm³/mol. The third-order valence-electron chi connectivity index (χ3n) is 11.7. The van der Waals surface area contributed by atoms with Gasteiger partial charge in [0, 0.05) is 49.3 Å². The summed E-state index contributed by atoms with van der Waals surface area (Å²) in [6, 6.07) is 74.5. The Morgan fingerprint density at radius 1 is 0.281 bits per heavy atom. The summed E-state index contributed by atoms with van der Waals surface area (Å²) in [5, 5.41) is 7.20. The second-order valence-electron chi connectivity index (χ2n) is 14.9. The van der Waals surface area contributed by atoms with Crippen molar-refractivity contribution in [3.63, 3.8) is 0 Å². The van der Waals surface area contributed by atoms with E-state index in [2.05, 4.69) is 209 Å². The van der Waals surface area contributed by atoms with Crippen molar-refractivity contribution >= 4 is 65.6 Å². The minimum Gasteiger partial charge on any atom is -0.455 e. The standard InChI is InChI=1S/C54H34N2O/c1-3-15-40(16-4-1)55-49-23-9-7-19-43(49)46-32-37(25-28-50(46)55)35-13-11-14-36(31-35)38-26-29-51-47(33-38)48-34-39(27-30-52(48)56(51)41-17-5-2-6-18-41)42-21-12-22-45-44-20-8-10-24-53(44)57-54(42)45/h1-34H. The first-order chi connectivity index (χ1) is 28.3. The number of aromatic nitrogens is 2. The molecule has 0 saturated heterocycles. The average molecular weight is 727 g/mol. The van der Waals surface area contributed by atoms with Gasteiger partial charge in [-0.05, 0) is 107 Å². The van der Waals surface area contributed by atoms with Crippen LogP contribution in [0, 0.1) is 0 Å². The van der Waals surface area contributed by atoms with Gasteiger partial charge in [0.05, 0.1) is 22.1 Å². The molecule has 266 valence electrons. The third-order valence-corrected chi connectivity index (χ3v) is 11.7. The van der Waals surface area contributed by atoms with E-state index in [1.54, 1.807) is 0 Å². The normalized spacial score (nSPS) is 11.9. The van der Waals surface area contributed by atoms with E-state index in [4.69, 9.17) is 4.42 Å². The highest BCUT2D eigenvalue weighted by molar-refractivity contribution is 6.14. The van der Waals surface area contributed by atoms with E-state index in [1.807, 2.05) is 6.07 Å². The minimum atomic E-state index is 0.910. The summed E-state index contributed by atoms with van der Waals surface area (Å²) in [5.41, 5.74) is 15.9. The molecule has 0 aliphatic rings. The molecule has 57 heavy (non-hydrogen) atoms. The molecule has 0 atom stereocenters. The molecular weight excluding hydrogens is 693 g/mol. The topological polar surface area (TPSA) is 23.0 Å². The summed E-state index contributed by atoms with van der Waals surface area (Å²) in [4.78, 5) is 0. The predicted octanol–water partition coefficient (Wildman–Crippen LogP) is 14.8. The summed E-state index contributed by atoms with van der Waals surface area (Å²) in [7, 11) is 0. The highest BCUT2D eigenvalue weighted by atomic mass is 16.3. The van der Waals surface area contributed by atoms with Gasteiger partial charge in [-0.25, -0.2) is 0 Å². The highest BCUT2D eigenvalue weighted by Gasteiger charge is 2.18. The van der Waals surface area contributed by atoms with Gasteiger partial charge in [0.15, 0.2) is 0 Å². The number of fused-ring (bicyclic) bond motifs is 9. The van der Waals surface area contributed by atoms with Gasteiger partial charge in [-0.3, -0.25) is 0 Å². The molecule has 0 N–H and O–H groups in total. The molecule has 0 aliphatic carbocycles. The lowest BCUT2D eigenvalue weighted by atomic mass is 9.96. The fraction of sp³-hybridized carbons (Fsp3) is 0. The first-order valence-electron chi connectivity index (χ1n) is 19.5. The zero-order chi connectivity index (χ0) is 37.5. The van der Waals surface area contributed by atoms with E-state index in [-0.39, 0.29) is 0 Å². The smallest absolute Gasteiger partial charge is 0.143 e. The molecule has 9 aromatic carbocycles.